The van der Waals surface area contributed by atoms with Crippen LogP contribution in [0.2, 0.25) is 0 Å². The molecule has 0 aromatic heterocycles. The van der Waals surface area contributed by atoms with E-state index in [0.29, 0.717) is 24.8 Å². The number of amides is 1. The summed E-state index contributed by atoms with van der Waals surface area (Å²) in [7, 11) is 0. The van der Waals surface area contributed by atoms with Gasteiger partial charge in [0.15, 0.2) is 0 Å². The van der Waals surface area contributed by atoms with Gasteiger partial charge in [0.2, 0.25) is 5.91 Å². The van der Waals surface area contributed by atoms with Crippen molar-refractivity contribution in [1.29, 1.82) is 0 Å². The van der Waals surface area contributed by atoms with E-state index in [1.807, 2.05) is 11.0 Å². The number of carbonyl (C=O) groups excluding carboxylic acids is 1. The molecule has 0 unspecified atom stereocenters. The van der Waals surface area contributed by atoms with E-state index in [9.17, 15) is 9.18 Å². The van der Waals surface area contributed by atoms with Crippen LogP contribution in [0, 0.1) is 11.7 Å². The number of nitrogens with zero attached hydrogens (tertiary/aromatic N) is 2. The Morgan fingerprint density at radius 2 is 1.82 bits per heavy atom. The van der Waals surface area contributed by atoms with Gasteiger partial charge in [0, 0.05) is 32.1 Å². The van der Waals surface area contributed by atoms with Gasteiger partial charge in [0.1, 0.15) is 5.82 Å². The van der Waals surface area contributed by atoms with Gasteiger partial charge in [0.05, 0.1) is 0 Å². The Labute approximate surface area is 167 Å². The largest absolute Gasteiger partial charge is 0.342 e. The molecule has 1 amide bonds. The van der Waals surface area contributed by atoms with Gasteiger partial charge in [-0.1, -0.05) is 42.5 Å². The number of halogens is 1. The van der Waals surface area contributed by atoms with E-state index in [0.717, 1.165) is 38.2 Å². The van der Waals surface area contributed by atoms with Gasteiger partial charge >= 0.3 is 0 Å². The minimum absolute atomic E-state index is 0.211. The van der Waals surface area contributed by atoms with Crippen LogP contribution in [0.5, 0.6) is 0 Å². The summed E-state index contributed by atoms with van der Waals surface area (Å²) in [6, 6.07) is 17.9. The average molecular weight is 381 g/mol. The lowest BCUT2D eigenvalue weighted by Crippen LogP contribution is -2.54. The molecule has 2 saturated heterocycles. The van der Waals surface area contributed by atoms with Crippen LogP contribution >= 0.6 is 0 Å². The second-order valence-electron chi connectivity index (χ2n) is 8.18. The number of hydrogen-bond acceptors (Lipinski definition) is 2. The van der Waals surface area contributed by atoms with Crippen molar-refractivity contribution in [2.24, 2.45) is 5.92 Å². The first-order valence-electron chi connectivity index (χ1n) is 10.5. The Morgan fingerprint density at radius 1 is 1.00 bits per heavy atom. The summed E-state index contributed by atoms with van der Waals surface area (Å²) < 4.78 is 13.3. The predicted molar refractivity (Wildman–Crippen MR) is 109 cm³/mol. The summed E-state index contributed by atoms with van der Waals surface area (Å²) >= 11 is 0. The second kappa shape index (κ2) is 8.87. The van der Waals surface area contributed by atoms with E-state index in [1.165, 1.54) is 30.5 Å². The fraction of sp³-hybridized carbons (Fsp3) is 0.458. The first-order valence-corrected chi connectivity index (χ1v) is 10.5. The molecule has 0 bridgehead atoms. The summed E-state index contributed by atoms with van der Waals surface area (Å²) in [6.45, 7) is 3.88. The van der Waals surface area contributed by atoms with Crippen molar-refractivity contribution in [2.75, 3.05) is 19.6 Å². The topological polar surface area (TPSA) is 23.6 Å². The third-order valence-electron chi connectivity index (χ3n) is 6.28. The average Bonchev–Trinajstić information content (AvgIpc) is 2.73. The zero-order valence-corrected chi connectivity index (χ0v) is 16.4. The summed E-state index contributed by atoms with van der Waals surface area (Å²) in [4.78, 5) is 17.4. The van der Waals surface area contributed by atoms with E-state index >= 15 is 0 Å². The van der Waals surface area contributed by atoms with Crippen molar-refractivity contribution in [3.05, 3.63) is 71.5 Å². The second-order valence-corrected chi connectivity index (χ2v) is 8.18. The molecule has 2 aliphatic heterocycles. The number of piperidine rings is 2. The normalized spacial score (nSPS) is 22.7. The minimum Gasteiger partial charge on any atom is -0.342 e. The van der Waals surface area contributed by atoms with Gasteiger partial charge in [-0.05, 0) is 61.4 Å². The predicted octanol–water partition coefficient (Wildman–Crippen LogP) is 4.27. The smallest absolute Gasteiger partial charge is 0.222 e. The molecule has 148 valence electrons. The fourth-order valence-corrected chi connectivity index (χ4v) is 4.85. The van der Waals surface area contributed by atoms with Crippen molar-refractivity contribution >= 4 is 5.91 Å². The molecular formula is C24H29FN2O. The Hall–Kier alpha value is -2.20. The van der Waals surface area contributed by atoms with Crippen molar-refractivity contribution in [1.82, 2.24) is 9.80 Å². The zero-order valence-electron chi connectivity index (χ0n) is 16.4. The van der Waals surface area contributed by atoms with Crippen LogP contribution < -0.4 is 0 Å². The summed E-state index contributed by atoms with van der Waals surface area (Å²) in [6.07, 6.45) is 4.56. The molecule has 2 aromatic carbocycles. The Bertz CT molecular complexity index is 794. The molecule has 2 atom stereocenters. The van der Waals surface area contributed by atoms with Crippen LogP contribution in [0.4, 0.5) is 4.39 Å². The van der Waals surface area contributed by atoms with E-state index in [4.69, 9.17) is 0 Å². The van der Waals surface area contributed by atoms with Crippen molar-refractivity contribution in [2.45, 2.75) is 44.7 Å². The van der Waals surface area contributed by atoms with Crippen LogP contribution in [0.1, 0.15) is 36.8 Å². The van der Waals surface area contributed by atoms with Gasteiger partial charge in [0.25, 0.3) is 0 Å². The molecule has 2 heterocycles. The van der Waals surface area contributed by atoms with Gasteiger partial charge in [-0.25, -0.2) is 4.39 Å². The Morgan fingerprint density at radius 3 is 2.64 bits per heavy atom. The molecule has 0 aliphatic carbocycles. The molecule has 0 radical (unpaired) electrons. The molecule has 0 spiro atoms. The standard InChI is InChI=1S/C24H29FN2O/c25-22-10-4-8-19(16-22)11-12-24(28)27-15-13-23-21(18-27)9-5-14-26(23)17-20-6-2-1-3-7-20/h1-4,6-8,10,16,21,23H,5,9,11-15,17-18H2/t21-,23-/m0/s1. The van der Waals surface area contributed by atoms with Crippen LogP contribution in [0.15, 0.2) is 54.6 Å². The summed E-state index contributed by atoms with van der Waals surface area (Å²) in [5.74, 6) is 0.554. The number of fused-ring (bicyclic) bond motifs is 1. The van der Waals surface area contributed by atoms with E-state index in [2.05, 4.69) is 35.2 Å². The van der Waals surface area contributed by atoms with Gasteiger partial charge in [-0.3, -0.25) is 9.69 Å². The molecule has 2 aliphatic rings. The Kier molecular flexibility index (Phi) is 6.06. The third kappa shape index (κ3) is 4.61. The number of likely N-dealkylation sites (tertiary alicyclic amines) is 2. The number of hydrogen-bond donors (Lipinski definition) is 0. The van der Waals surface area contributed by atoms with Crippen LogP contribution in [-0.4, -0.2) is 41.4 Å². The molecule has 0 N–H and O–H groups in total. The molecule has 2 fully saturated rings. The quantitative estimate of drug-likeness (QED) is 0.773. The first kappa shape index (κ1) is 19.1. The lowest BCUT2D eigenvalue weighted by Gasteiger charge is -2.47. The molecular weight excluding hydrogens is 351 g/mol. The van der Waals surface area contributed by atoms with Crippen LogP contribution in [0.3, 0.4) is 0 Å². The van der Waals surface area contributed by atoms with Crippen molar-refractivity contribution in [3.8, 4) is 0 Å². The van der Waals surface area contributed by atoms with Gasteiger partial charge in [-0.15, -0.1) is 0 Å². The van der Waals surface area contributed by atoms with Crippen LogP contribution in [-0.2, 0) is 17.8 Å². The highest BCUT2D eigenvalue weighted by molar-refractivity contribution is 5.76. The van der Waals surface area contributed by atoms with Crippen LogP contribution in [0.25, 0.3) is 0 Å². The highest BCUT2D eigenvalue weighted by Crippen LogP contribution is 2.32. The molecule has 0 saturated carbocycles. The van der Waals surface area contributed by atoms with Gasteiger partial charge < -0.3 is 4.90 Å². The number of carbonyl (C=O) groups is 1. The molecule has 4 rings (SSSR count). The highest BCUT2D eigenvalue weighted by Gasteiger charge is 2.36. The number of aryl methyl sites for hydroxylation is 1. The van der Waals surface area contributed by atoms with E-state index in [1.54, 1.807) is 6.07 Å². The molecule has 2 aromatic rings. The SMILES string of the molecule is O=C(CCc1cccc(F)c1)N1CC[C@H]2[C@@H](CCCN2Cc2ccccc2)C1. The zero-order chi connectivity index (χ0) is 19.3. The maximum Gasteiger partial charge on any atom is 0.222 e. The first-order chi connectivity index (χ1) is 13.7. The third-order valence-corrected chi connectivity index (χ3v) is 6.28. The molecule has 28 heavy (non-hydrogen) atoms. The maximum absolute atomic E-state index is 13.3. The van der Waals surface area contributed by atoms with E-state index < -0.39 is 0 Å². The maximum atomic E-state index is 13.3. The highest BCUT2D eigenvalue weighted by atomic mass is 19.1. The van der Waals surface area contributed by atoms with Gasteiger partial charge in [-0.2, -0.15) is 0 Å². The molecule has 3 nitrogen and oxygen atoms in total. The van der Waals surface area contributed by atoms with Crippen molar-refractivity contribution < 1.29 is 9.18 Å². The summed E-state index contributed by atoms with van der Waals surface area (Å²) in [5, 5.41) is 0. The minimum atomic E-state index is -0.230. The lowest BCUT2D eigenvalue weighted by molar-refractivity contribution is -0.135. The Balaban J connectivity index is 1.32. The summed E-state index contributed by atoms with van der Waals surface area (Å²) in [5.41, 5.74) is 2.27. The lowest BCUT2D eigenvalue weighted by atomic mass is 9.83. The number of rotatable bonds is 5. The monoisotopic (exact) mass is 380 g/mol. The molecule has 4 heteroatoms. The number of benzene rings is 2. The fourth-order valence-electron chi connectivity index (χ4n) is 4.85. The van der Waals surface area contributed by atoms with Crippen molar-refractivity contribution in [3.63, 3.8) is 0 Å². The van der Waals surface area contributed by atoms with E-state index in [-0.39, 0.29) is 11.7 Å².